The number of thiazole rings is 1. The Morgan fingerprint density at radius 2 is 2.24 bits per heavy atom. The lowest BCUT2D eigenvalue weighted by atomic mass is 10.2. The number of carboxylic acids is 1. The van der Waals surface area contributed by atoms with Gasteiger partial charge in [-0.05, 0) is 19.4 Å². The summed E-state index contributed by atoms with van der Waals surface area (Å²) in [4.78, 5) is 25.8. The van der Waals surface area contributed by atoms with Crippen LogP contribution in [0.15, 0.2) is 5.38 Å². The predicted octanol–water partition coefficient (Wildman–Crippen LogP) is 0.586. The first-order chi connectivity index (χ1) is 8.13. The summed E-state index contributed by atoms with van der Waals surface area (Å²) in [6, 6.07) is 0. The molecule has 1 aromatic rings. The van der Waals surface area contributed by atoms with Crippen molar-refractivity contribution in [3.8, 4) is 0 Å². The van der Waals surface area contributed by atoms with Gasteiger partial charge in [-0.15, -0.1) is 11.3 Å². The second kappa shape index (κ2) is 6.97. The molecule has 1 amide bonds. The van der Waals surface area contributed by atoms with Gasteiger partial charge in [-0.1, -0.05) is 0 Å². The molecule has 0 aromatic carbocycles. The van der Waals surface area contributed by atoms with E-state index < -0.39 is 5.97 Å². The van der Waals surface area contributed by atoms with Crippen LogP contribution >= 0.6 is 11.3 Å². The van der Waals surface area contributed by atoms with Gasteiger partial charge in [0.25, 0.3) is 0 Å². The fourth-order valence-electron chi connectivity index (χ4n) is 1.18. The monoisotopic (exact) mass is 257 g/mol. The zero-order chi connectivity index (χ0) is 12.7. The van der Waals surface area contributed by atoms with Crippen molar-refractivity contribution in [2.75, 3.05) is 6.54 Å². The van der Waals surface area contributed by atoms with Crippen LogP contribution in [-0.2, 0) is 11.3 Å². The second-order valence-electron chi connectivity index (χ2n) is 3.45. The smallest absolute Gasteiger partial charge is 0.355 e. The number of unbranched alkanes of at least 4 members (excludes halogenated alkanes) is 1. The van der Waals surface area contributed by atoms with Crippen molar-refractivity contribution in [3.63, 3.8) is 0 Å². The van der Waals surface area contributed by atoms with E-state index in [1.54, 1.807) is 0 Å². The number of nitrogens with one attached hydrogen (secondary N) is 1. The normalized spacial score (nSPS) is 10.2. The molecule has 0 bridgehead atoms. The van der Waals surface area contributed by atoms with Crippen LogP contribution in [0, 0.1) is 0 Å². The molecule has 0 saturated heterocycles. The van der Waals surface area contributed by atoms with E-state index in [1.807, 2.05) is 0 Å². The van der Waals surface area contributed by atoms with Crippen LogP contribution in [-0.4, -0.2) is 28.5 Å². The van der Waals surface area contributed by atoms with Crippen molar-refractivity contribution in [2.24, 2.45) is 5.73 Å². The Balaban J connectivity index is 2.29. The fraction of sp³-hybridized carbons (Fsp3) is 0.500. The molecule has 0 unspecified atom stereocenters. The summed E-state index contributed by atoms with van der Waals surface area (Å²) >= 11 is 1.22. The van der Waals surface area contributed by atoms with Crippen LogP contribution in [0.3, 0.4) is 0 Å². The number of amides is 1. The maximum atomic E-state index is 11.3. The molecule has 17 heavy (non-hydrogen) atoms. The number of rotatable bonds is 7. The van der Waals surface area contributed by atoms with E-state index in [2.05, 4.69) is 10.3 Å². The first-order valence-electron chi connectivity index (χ1n) is 5.28. The third-order valence-electron chi connectivity index (χ3n) is 2.07. The van der Waals surface area contributed by atoms with Gasteiger partial charge in [0.15, 0.2) is 5.69 Å². The van der Waals surface area contributed by atoms with Crippen LogP contribution in [0.25, 0.3) is 0 Å². The van der Waals surface area contributed by atoms with Gasteiger partial charge in [-0.2, -0.15) is 0 Å². The quantitative estimate of drug-likeness (QED) is 0.620. The Morgan fingerprint density at radius 1 is 1.47 bits per heavy atom. The Morgan fingerprint density at radius 3 is 2.82 bits per heavy atom. The van der Waals surface area contributed by atoms with Crippen molar-refractivity contribution >= 4 is 23.2 Å². The number of aromatic carboxylic acids is 1. The molecule has 0 aliphatic rings. The zero-order valence-corrected chi connectivity index (χ0v) is 10.1. The van der Waals surface area contributed by atoms with E-state index in [1.165, 1.54) is 16.7 Å². The highest BCUT2D eigenvalue weighted by Gasteiger charge is 2.09. The highest BCUT2D eigenvalue weighted by molar-refractivity contribution is 7.09. The summed E-state index contributed by atoms with van der Waals surface area (Å²) < 4.78 is 0. The minimum absolute atomic E-state index is 0.0161. The first-order valence-corrected chi connectivity index (χ1v) is 6.16. The lowest BCUT2D eigenvalue weighted by molar-refractivity contribution is -0.121. The lowest BCUT2D eigenvalue weighted by Crippen LogP contribution is -2.22. The Labute approximate surface area is 103 Å². The summed E-state index contributed by atoms with van der Waals surface area (Å²) in [5, 5.41) is 13.4. The highest BCUT2D eigenvalue weighted by atomic mass is 32.1. The van der Waals surface area contributed by atoms with Crippen LogP contribution in [0.1, 0.15) is 34.8 Å². The van der Waals surface area contributed by atoms with Gasteiger partial charge in [0.2, 0.25) is 5.91 Å². The number of hydrogen-bond acceptors (Lipinski definition) is 5. The number of hydrogen-bond donors (Lipinski definition) is 3. The molecular weight excluding hydrogens is 242 g/mol. The van der Waals surface area contributed by atoms with Crippen molar-refractivity contribution in [1.82, 2.24) is 10.3 Å². The maximum Gasteiger partial charge on any atom is 0.355 e. The Bertz CT molecular complexity index is 392. The molecule has 0 spiro atoms. The molecule has 1 aromatic heterocycles. The minimum atomic E-state index is -1.05. The number of aromatic nitrogens is 1. The topological polar surface area (TPSA) is 105 Å². The maximum absolute atomic E-state index is 11.3. The predicted molar refractivity (Wildman–Crippen MR) is 63.8 cm³/mol. The van der Waals surface area contributed by atoms with Crippen LogP contribution < -0.4 is 11.1 Å². The third kappa shape index (κ3) is 4.92. The molecule has 0 atom stereocenters. The SMILES string of the molecule is NCCCCC(=O)NCc1nc(C(=O)O)cs1. The average molecular weight is 257 g/mol. The van der Waals surface area contributed by atoms with Crippen LogP contribution in [0.2, 0.25) is 0 Å². The molecule has 4 N–H and O–H groups in total. The lowest BCUT2D eigenvalue weighted by Gasteiger charge is -2.02. The molecule has 0 aliphatic heterocycles. The van der Waals surface area contributed by atoms with Crippen molar-refractivity contribution < 1.29 is 14.7 Å². The second-order valence-corrected chi connectivity index (χ2v) is 4.40. The summed E-state index contributed by atoms with van der Waals surface area (Å²) in [5.41, 5.74) is 5.33. The molecule has 7 heteroatoms. The number of nitrogens with two attached hydrogens (primary N) is 1. The largest absolute Gasteiger partial charge is 0.476 e. The van der Waals surface area contributed by atoms with E-state index in [0.29, 0.717) is 18.0 Å². The van der Waals surface area contributed by atoms with Crippen LogP contribution in [0.4, 0.5) is 0 Å². The van der Waals surface area contributed by atoms with E-state index >= 15 is 0 Å². The molecule has 6 nitrogen and oxygen atoms in total. The van der Waals surface area contributed by atoms with Crippen LogP contribution in [0.5, 0.6) is 0 Å². The van der Waals surface area contributed by atoms with Crippen molar-refractivity contribution in [3.05, 3.63) is 16.1 Å². The van der Waals surface area contributed by atoms with E-state index in [9.17, 15) is 9.59 Å². The van der Waals surface area contributed by atoms with E-state index in [0.717, 1.165) is 12.8 Å². The Kier molecular flexibility index (Phi) is 5.58. The minimum Gasteiger partial charge on any atom is -0.476 e. The molecule has 0 saturated carbocycles. The average Bonchev–Trinajstić information content (AvgIpc) is 2.75. The fourth-order valence-corrected chi connectivity index (χ4v) is 1.89. The molecular formula is C10H15N3O3S. The summed E-state index contributed by atoms with van der Waals surface area (Å²) in [6.07, 6.45) is 2.03. The zero-order valence-electron chi connectivity index (χ0n) is 9.31. The molecule has 94 valence electrons. The van der Waals surface area contributed by atoms with Gasteiger partial charge in [-0.3, -0.25) is 4.79 Å². The van der Waals surface area contributed by atoms with Gasteiger partial charge in [0.05, 0.1) is 6.54 Å². The molecule has 0 radical (unpaired) electrons. The van der Waals surface area contributed by atoms with Gasteiger partial charge < -0.3 is 16.2 Å². The molecule has 0 aliphatic carbocycles. The Hall–Kier alpha value is -1.47. The van der Waals surface area contributed by atoms with E-state index in [4.69, 9.17) is 10.8 Å². The number of carbonyl (C=O) groups excluding carboxylic acids is 1. The summed E-state index contributed by atoms with van der Waals surface area (Å²) in [6.45, 7) is 0.862. The molecule has 1 heterocycles. The summed E-state index contributed by atoms with van der Waals surface area (Å²) in [7, 11) is 0. The van der Waals surface area contributed by atoms with Crippen molar-refractivity contribution in [1.29, 1.82) is 0 Å². The van der Waals surface area contributed by atoms with Gasteiger partial charge in [0.1, 0.15) is 5.01 Å². The number of carboxylic acid groups (broad SMARTS) is 1. The van der Waals surface area contributed by atoms with Gasteiger partial charge in [0, 0.05) is 11.8 Å². The van der Waals surface area contributed by atoms with E-state index in [-0.39, 0.29) is 18.1 Å². The number of nitrogens with zero attached hydrogens (tertiary/aromatic N) is 1. The van der Waals surface area contributed by atoms with Gasteiger partial charge in [-0.25, -0.2) is 9.78 Å². The highest BCUT2D eigenvalue weighted by Crippen LogP contribution is 2.09. The van der Waals surface area contributed by atoms with Crippen molar-refractivity contribution in [2.45, 2.75) is 25.8 Å². The van der Waals surface area contributed by atoms with Gasteiger partial charge >= 0.3 is 5.97 Å². The standard InChI is InChI=1S/C10H15N3O3S/c11-4-2-1-3-8(14)12-5-9-13-7(6-17-9)10(15)16/h6H,1-5,11H2,(H,12,14)(H,15,16). The number of carbonyl (C=O) groups is 2. The third-order valence-corrected chi connectivity index (χ3v) is 2.91. The summed E-state index contributed by atoms with van der Waals surface area (Å²) in [5.74, 6) is -1.12. The molecule has 1 rings (SSSR count). The first kappa shape index (κ1) is 13.6. The molecule has 0 fully saturated rings.